The van der Waals surface area contributed by atoms with Gasteiger partial charge < -0.3 is 10.1 Å². The highest BCUT2D eigenvalue weighted by molar-refractivity contribution is 7.99. The molecule has 3 rings (SSSR count). The lowest BCUT2D eigenvalue weighted by Gasteiger charge is -2.35. The summed E-state index contributed by atoms with van der Waals surface area (Å²) in [7, 11) is 0. The third-order valence-corrected chi connectivity index (χ3v) is 6.13. The minimum absolute atomic E-state index is 0.0679. The first-order valence-electron chi connectivity index (χ1n) is 9.95. The van der Waals surface area contributed by atoms with Crippen LogP contribution in [0.3, 0.4) is 0 Å². The monoisotopic (exact) mass is 398 g/mol. The molecule has 0 radical (unpaired) electrons. The van der Waals surface area contributed by atoms with Crippen molar-refractivity contribution >= 4 is 23.4 Å². The maximum absolute atomic E-state index is 12.7. The highest BCUT2D eigenvalue weighted by atomic mass is 32.2. The molecule has 0 saturated carbocycles. The number of carbonyl (C=O) groups is 1. The second kappa shape index (κ2) is 10.1. The highest BCUT2D eigenvalue weighted by Crippen LogP contribution is 2.23. The Hall–Kier alpha value is -1.82. The Balaban J connectivity index is 1.58. The van der Waals surface area contributed by atoms with Crippen LogP contribution in [-0.2, 0) is 16.1 Å². The van der Waals surface area contributed by atoms with E-state index in [1.807, 2.05) is 43.3 Å². The van der Waals surface area contributed by atoms with Crippen LogP contribution in [0, 0.1) is 5.92 Å². The van der Waals surface area contributed by atoms with E-state index in [0.29, 0.717) is 0 Å². The number of rotatable bonds is 7. The van der Waals surface area contributed by atoms with Crippen molar-refractivity contribution in [1.82, 2.24) is 4.90 Å². The Morgan fingerprint density at radius 1 is 1.11 bits per heavy atom. The number of hydrogen-bond donors (Lipinski definition) is 1. The smallest absolute Gasteiger partial charge is 0.228 e. The van der Waals surface area contributed by atoms with Crippen LogP contribution < -0.4 is 5.32 Å². The summed E-state index contributed by atoms with van der Waals surface area (Å²) in [5.74, 6) is 0.762. The highest BCUT2D eigenvalue weighted by Gasteiger charge is 2.23. The number of benzene rings is 2. The van der Waals surface area contributed by atoms with Crippen LogP contribution in [0.25, 0.3) is 0 Å². The molecule has 0 aromatic heterocycles. The van der Waals surface area contributed by atoms with Gasteiger partial charge in [0, 0.05) is 41.9 Å². The van der Waals surface area contributed by atoms with Gasteiger partial charge in [-0.3, -0.25) is 9.69 Å². The van der Waals surface area contributed by atoms with Crippen LogP contribution in [0.2, 0.25) is 0 Å². The Morgan fingerprint density at radius 3 is 2.46 bits per heavy atom. The topological polar surface area (TPSA) is 41.6 Å². The number of hydrogen-bond acceptors (Lipinski definition) is 4. The Morgan fingerprint density at radius 2 is 1.75 bits per heavy atom. The summed E-state index contributed by atoms with van der Waals surface area (Å²) < 4.78 is 5.83. The lowest BCUT2D eigenvalue weighted by atomic mass is 10.1. The van der Waals surface area contributed by atoms with Gasteiger partial charge in [0.1, 0.15) is 0 Å². The molecule has 3 unspecified atom stereocenters. The standard InChI is InChI=1S/C23H30N2O2S/c1-17(16-28-21-10-5-4-6-11-21)23(26)24-22-12-8-7-9-20(22)15-25-13-18(2)27-19(3)14-25/h4-12,17-19H,13-16H2,1-3H3,(H,24,26). The van der Waals surface area contributed by atoms with Crippen LogP contribution in [0.1, 0.15) is 26.3 Å². The third kappa shape index (κ3) is 6.09. The average molecular weight is 399 g/mol. The molecule has 3 atom stereocenters. The molecule has 28 heavy (non-hydrogen) atoms. The van der Waals surface area contributed by atoms with Crippen LogP contribution in [0.15, 0.2) is 59.5 Å². The summed E-state index contributed by atoms with van der Waals surface area (Å²) in [6.45, 7) is 8.86. The van der Waals surface area contributed by atoms with E-state index < -0.39 is 0 Å². The molecule has 0 spiro atoms. The number of amides is 1. The first kappa shape index (κ1) is 20.9. The number of morpholine rings is 1. The van der Waals surface area contributed by atoms with E-state index in [-0.39, 0.29) is 24.0 Å². The minimum atomic E-state index is -0.0679. The number of thioether (sulfide) groups is 1. The second-order valence-corrected chi connectivity index (χ2v) is 8.72. The van der Waals surface area contributed by atoms with Gasteiger partial charge in [0.25, 0.3) is 0 Å². The van der Waals surface area contributed by atoms with Crippen LogP contribution in [0.4, 0.5) is 5.69 Å². The third-order valence-electron chi connectivity index (χ3n) is 4.86. The Labute approximate surface area is 172 Å². The average Bonchev–Trinajstić information content (AvgIpc) is 2.67. The summed E-state index contributed by atoms with van der Waals surface area (Å²) in [6, 6.07) is 18.3. The fourth-order valence-corrected chi connectivity index (χ4v) is 4.45. The maximum Gasteiger partial charge on any atom is 0.228 e. The molecule has 1 N–H and O–H groups in total. The summed E-state index contributed by atoms with van der Waals surface area (Å²) in [6.07, 6.45) is 0.473. The van der Waals surface area contributed by atoms with Crippen molar-refractivity contribution in [3.63, 3.8) is 0 Å². The van der Waals surface area contributed by atoms with E-state index in [1.165, 1.54) is 4.90 Å². The molecule has 1 fully saturated rings. The van der Waals surface area contributed by atoms with Crippen molar-refractivity contribution in [1.29, 1.82) is 0 Å². The Bertz CT molecular complexity index is 758. The van der Waals surface area contributed by atoms with Gasteiger partial charge in [-0.25, -0.2) is 0 Å². The summed E-state index contributed by atoms with van der Waals surface area (Å²) in [5.41, 5.74) is 2.07. The molecular formula is C23H30N2O2S. The molecule has 0 bridgehead atoms. The zero-order valence-electron chi connectivity index (χ0n) is 16.9. The molecule has 1 heterocycles. The second-order valence-electron chi connectivity index (χ2n) is 7.62. The molecule has 1 saturated heterocycles. The summed E-state index contributed by atoms with van der Waals surface area (Å²) in [5, 5.41) is 3.15. The fraction of sp³-hybridized carbons (Fsp3) is 0.435. The number of carbonyl (C=O) groups excluding carboxylic acids is 1. The maximum atomic E-state index is 12.7. The van der Waals surface area contributed by atoms with Gasteiger partial charge in [-0.15, -0.1) is 11.8 Å². The van der Waals surface area contributed by atoms with E-state index in [1.54, 1.807) is 11.8 Å². The number of para-hydroxylation sites is 1. The van der Waals surface area contributed by atoms with E-state index in [4.69, 9.17) is 4.74 Å². The molecule has 2 aromatic rings. The fourth-order valence-electron chi connectivity index (χ4n) is 3.50. The van der Waals surface area contributed by atoms with Crippen molar-refractivity contribution in [2.75, 3.05) is 24.2 Å². The predicted octanol–water partition coefficient (Wildman–Crippen LogP) is 4.66. The van der Waals surface area contributed by atoms with Gasteiger partial charge in [0.2, 0.25) is 5.91 Å². The van der Waals surface area contributed by atoms with Gasteiger partial charge >= 0.3 is 0 Å². The summed E-state index contributed by atoms with van der Waals surface area (Å²) >= 11 is 1.72. The van der Waals surface area contributed by atoms with Gasteiger partial charge in [0.15, 0.2) is 0 Å². The Kier molecular flexibility index (Phi) is 7.54. The lowest BCUT2D eigenvalue weighted by Crippen LogP contribution is -2.44. The van der Waals surface area contributed by atoms with E-state index in [0.717, 1.165) is 36.6 Å². The zero-order valence-corrected chi connectivity index (χ0v) is 17.7. The summed E-state index contributed by atoms with van der Waals surface area (Å²) in [4.78, 5) is 16.3. The number of nitrogens with zero attached hydrogens (tertiary/aromatic N) is 1. The van der Waals surface area contributed by atoms with Crippen molar-refractivity contribution in [2.24, 2.45) is 5.92 Å². The normalized spacial score (nSPS) is 21.2. The van der Waals surface area contributed by atoms with Crippen LogP contribution in [-0.4, -0.2) is 41.9 Å². The van der Waals surface area contributed by atoms with Gasteiger partial charge in [-0.1, -0.05) is 43.3 Å². The largest absolute Gasteiger partial charge is 0.373 e. The zero-order chi connectivity index (χ0) is 19.9. The molecule has 1 aliphatic rings. The molecule has 150 valence electrons. The van der Waals surface area contributed by atoms with Crippen LogP contribution >= 0.6 is 11.8 Å². The van der Waals surface area contributed by atoms with E-state index >= 15 is 0 Å². The van der Waals surface area contributed by atoms with E-state index in [2.05, 4.69) is 42.3 Å². The molecule has 5 heteroatoms. The van der Waals surface area contributed by atoms with Crippen molar-refractivity contribution in [3.8, 4) is 0 Å². The van der Waals surface area contributed by atoms with Crippen molar-refractivity contribution in [3.05, 3.63) is 60.2 Å². The van der Waals surface area contributed by atoms with Crippen molar-refractivity contribution < 1.29 is 9.53 Å². The van der Waals surface area contributed by atoms with Gasteiger partial charge in [-0.2, -0.15) is 0 Å². The molecule has 2 aromatic carbocycles. The predicted molar refractivity (Wildman–Crippen MR) is 117 cm³/mol. The molecule has 4 nitrogen and oxygen atoms in total. The molecular weight excluding hydrogens is 368 g/mol. The first-order valence-corrected chi connectivity index (χ1v) is 10.9. The van der Waals surface area contributed by atoms with Crippen molar-refractivity contribution in [2.45, 2.75) is 44.4 Å². The molecule has 0 aliphatic carbocycles. The number of nitrogens with one attached hydrogen (secondary N) is 1. The number of ether oxygens (including phenoxy) is 1. The number of anilines is 1. The van der Waals surface area contributed by atoms with Crippen LogP contribution in [0.5, 0.6) is 0 Å². The molecule has 1 aliphatic heterocycles. The minimum Gasteiger partial charge on any atom is -0.373 e. The first-order chi connectivity index (χ1) is 13.5. The SMILES string of the molecule is CC1CN(Cc2ccccc2NC(=O)C(C)CSc2ccccc2)CC(C)O1. The lowest BCUT2D eigenvalue weighted by molar-refractivity contribution is -0.118. The van der Waals surface area contributed by atoms with Gasteiger partial charge in [-0.05, 0) is 37.6 Å². The van der Waals surface area contributed by atoms with E-state index in [9.17, 15) is 4.79 Å². The molecule has 1 amide bonds. The quantitative estimate of drug-likeness (QED) is 0.689. The van der Waals surface area contributed by atoms with Gasteiger partial charge in [0.05, 0.1) is 12.2 Å².